The predicted molar refractivity (Wildman–Crippen MR) is 106 cm³/mol. The molecule has 1 amide bonds. The minimum absolute atomic E-state index is 0.0654. The van der Waals surface area contributed by atoms with Gasteiger partial charge in [-0.15, -0.1) is 11.8 Å². The molecule has 1 atom stereocenters. The molecule has 1 N–H and O–H groups in total. The molecule has 5 nitrogen and oxygen atoms in total. The van der Waals surface area contributed by atoms with Crippen LogP contribution in [0, 0.1) is 0 Å². The molecule has 138 valence electrons. The monoisotopic (exact) mass is 371 g/mol. The van der Waals surface area contributed by atoms with E-state index in [1.54, 1.807) is 18.0 Å². The molecule has 2 aromatic rings. The average molecular weight is 372 g/mol. The second-order valence-electron chi connectivity index (χ2n) is 6.28. The van der Waals surface area contributed by atoms with Gasteiger partial charge in [-0.05, 0) is 30.2 Å². The minimum Gasteiger partial charge on any atom is -0.378 e. The van der Waals surface area contributed by atoms with Crippen molar-refractivity contribution in [1.82, 2.24) is 10.3 Å². The summed E-state index contributed by atoms with van der Waals surface area (Å²) in [4.78, 5) is 19.0. The zero-order valence-corrected chi connectivity index (χ0v) is 15.9. The van der Waals surface area contributed by atoms with Crippen LogP contribution >= 0.6 is 11.8 Å². The third-order valence-electron chi connectivity index (χ3n) is 4.32. The van der Waals surface area contributed by atoms with Gasteiger partial charge in [-0.25, -0.2) is 4.98 Å². The molecule has 0 unspecified atom stereocenters. The fraction of sp³-hybridized carbons (Fsp3) is 0.400. The number of carbonyl (C=O) groups excluding carboxylic acids is 1. The van der Waals surface area contributed by atoms with E-state index in [9.17, 15) is 4.79 Å². The van der Waals surface area contributed by atoms with Gasteiger partial charge in [0.25, 0.3) is 0 Å². The first-order chi connectivity index (χ1) is 12.7. The zero-order chi connectivity index (χ0) is 18.2. The second-order valence-corrected chi connectivity index (χ2v) is 7.61. The summed E-state index contributed by atoms with van der Waals surface area (Å²) in [6.07, 6.45) is 1.81. The summed E-state index contributed by atoms with van der Waals surface area (Å²) in [5.41, 5.74) is 2.30. The molecule has 0 radical (unpaired) electrons. The lowest BCUT2D eigenvalue weighted by molar-refractivity contribution is -0.120. The number of nitrogens with zero attached hydrogens (tertiary/aromatic N) is 2. The number of aromatic nitrogens is 1. The Morgan fingerprint density at radius 3 is 2.77 bits per heavy atom. The average Bonchev–Trinajstić information content (AvgIpc) is 2.72. The van der Waals surface area contributed by atoms with Crippen LogP contribution in [0.15, 0.2) is 48.7 Å². The van der Waals surface area contributed by atoms with Crippen LogP contribution in [0.4, 0.5) is 5.82 Å². The van der Waals surface area contributed by atoms with E-state index < -0.39 is 0 Å². The standard InChI is InChI=1S/C20H25N3O2S/c1-16(26-15-17-5-3-2-4-6-17)20(24)22-14-18-7-8-21-19(13-18)23-9-11-25-12-10-23/h2-8,13,16H,9-12,14-15H2,1H3,(H,22,24)/t16-/m0/s1. The molecule has 1 saturated heterocycles. The summed E-state index contributed by atoms with van der Waals surface area (Å²) in [7, 11) is 0. The molecule has 0 bridgehead atoms. The van der Waals surface area contributed by atoms with Gasteiger partial charge in [0.15, 0.2) is 0 Å². The molecule has 2 heterocycles. The van der Waals surface area contributed by atoms with Crippen LogP contribution in [0.25, 0.3) is 0 Å². The molecule has 6 heteroatoms. The Hall–Kier alpha value is -2.05. The van der Waals surface area contributed by atoms with E-state index in [-0.39, 0.29) is 11.2 Å². The molecular formula is C20H25N3O2S. The Morgan fingerprint density at radius 2 is 2.00 bits per heavy atom. The van der Waals surface area contributed by atoms with Gasteiger partial charge in [0.1, 0.15) is 5.82 Å². The number of benzene rings is 1. The van der Waals surface area contributed by atoms with Crippen molar-refractivity contribution in [3.05, 3.63) is 59.8 Å². The van der Waals surface area contributed by atoms with Gasteiger partial charge in [0, 0.05) is 31.6 Å². The van der Waals surface area contributed by atoms with E-state index in [1.165, 1.54) is 5.56 Å². The van der Waals surface area contributed by atoms with Gasteiger partial charge < -0.3 is 15.0 Å². The van der Waals surface area contributed by atoms with Crippen LogP contribution < -0.4 is 10.2 Å². The van der Waals surface area contributed by atoms with Gasteiger partial charge >= 0.3 is 0 Å². The normalized spacial score (nSPS) is 15.5. The first kappa shape index (κ1) is 18.7. The quantitative estimate of drug-likeness (QED) is 0.811. The van der Waals surface area contributed by atoms with E-state index >= 15 is 0 Å². The summed E-state index contributed by atoms with van der Waals surface area (Å²) in [6.45, 7) is 5.66. The first-order valence-corrected chi connectivity index (χ1v) is 9.98. The number of ether oxygens (including phenoxy) is 1. The molecule has 0 spiro atoms. The van der Waals surface area contributed by atoms with Crippen LogP contribution in [-0.4, -0.2) is 42.4 Å². The Bertz CT molecular complexity index is 705. The molecule has 1 aromatic carbocycles. The van der Waals surface area contributed by atoms with Crippen molar-refractivity contribution in [3.63, 3.8) is 0 Å². The number of hydrogen-bond donors (Lipinski definition) is 1. The number of thioether (sulfide) groups is 1. The van der Waals surface area contributed by atoms with Crippen molar-refractivity contribution in [2.45, 2.75) is 24.5 Å². The molecule has 1 aliphatic rings. The highest BCUT2D eigenvalue weighted by Crippen LogP contribution is 2.18. The van der Waals surface area contributed by atoms with Gasteiger partial charge in [0.2, 0.25) is 5.91 Å². The van der Waals surface area contributed by atoms with Gasteiger partial charge in [-0.1, -0.05) is 30.3 Å². The van der Waals surface area contributed by atoms with Crippen molar-refractivity contribution >= 4 is 23.5 Å². The van der Waals surface area contributed by atoms with E-state index in [0.29, 0.717) is 6.54 Å². The summed E-state index contributed by atoms with van der Waals surface area (Å²) in [6, 6.07) is 14.2. The van der Waals surface area contributed by atoms with Crippen LogP contribution in [0.3, 0.4) is 0 Å². The number of carbonyl (C=O) groups is 1. The number of rotatable bonds is 7. The third-order valence-corrected chi connectivity index (χ3v) is 5.54. The first-order valence-electron chi connectivity index (χ1n) is 8.93. The van der Waals surface area contributed by atoms with Crippen molar-refractivity contribution in [1.29, 1.82) is 0 Å². The maximum Gasteiger partial charge on any atom is 0.233 e. The van der Waals surface area contributed by atoms with Crippen LogP contribution in [-0.2, 0) is 21.8 Å². The SMILES string of the molecule is C[C@H](SCc1ccccc1)C(=O)NCc1ccnc(N2CCOCC2)c1. The van der Waals surface area contributed by atoms with E-state index in [4.69, 9.17) is 4.74 Å². The molecule has 3 rings (SSSR count). The molecule has 1 fully saturated rings. The second kappa shape index (κ2) is 9.59. The number of pyridine rings is 1. The van der Waals surface area contributed by atoms with Crippen molar-refractivity contribution in [3.8, 4) is 0 Å². The van der Waals surface area contributed by atoms with Gasteiger partial charge in [-0.3, -0.25) is 4.79 Å². The largest absolute Gasteiger partial charge is 0.378 e. The highest BCUT2D eigenvalue weighted by molar-refractivity contribution is 7.99. The van der Waals surface area contributed by atoms with Crippen molar-refractivity contribution < 1.29 is 9.53 Å². The third kappa shape index (κ3) is 5.47. The number of nitrogens with one attached hydrogen (secondary N) is 1. The summed E-state index contributed by atoms with van der Waals surface area (Å²) in [5.74, 6) is 1.86. The maximum absolute atomic E-state index is 12.3. The molecule has 1 aromatic heterocycles. The lowest BCUT2D eigenvalue weighted by Crippen LogP contribution is -2.36. The Labute approximate surface area is 159 Å². The smallest absolute Gasteiger partial charge is 0.233 e. The number of amides is 1. The number of anilines is 1. The van der Waals surface area contributed by atoms with Crippen molar-refractivity contribution in [2.75, 3.05) is 31.2 Å². The summed E-state index contributed by atoms with van der Waals surface area (Å²) >= 11 is 1.65. The lowest BCUT2D eigenvalue weighted by atomic mass is 10.2. The van der Waals surface area contributed by atoms with Gasteiger partial charge in [-0.2, -0.15) is 0 Å². The molecular weight excluding hydrogens is 346 g/mol. The van der Waals surface area contributed by atoms with Crippen LogP contribution in [0.1, 0.15) is 18.1 Å². The Kier molecular flexibility index (Phi) is 6.91. The van der Waals surface area contributed by atoms with Crippen molar-refractivity contribution in [2.24, 2.45) is 0 Å². The van der Waals surface area contributed by atoms with E-state index in [2.05, 4.69) is 27.3 Å². The number of hydrogen-bond acceptors (Lipinski definition) is 5. The molecule has 1 aliphatic heterocycles. The fourth-order valence-corrected chi connectivity index (χ4v) is 3.61. The van der Waals surface area contributed by atoms with Crippen LogP contribution in [0.2, 0.25) is 0 Å². The zero-order valence-electron chi connectivity index (χ0n) is 15.1. The highest BCUT2D eigenvalue weighted by Gasteiger charge is 2.15. The van der Waals surface area contributed by atoms with E-state index in [0.717, 1.165) is 43.4 Å². The predicted octanol–water partition coefficient (Wildman–Crippen LogP) is 2.86. The number of morpholine rings is 1. The summed E-state index contributed by atoms with van der Waals surface area (Å²) in [5, 5.41) is 2.95. The lowest BCUT2D eigenvalue weighted by Gasteiger charge is -2.28. The summed E-state index contributed by atoms with van der Waals surface area (Å²) < 4.78 is 5.38. The Balaban J connectivity index is 1.47. The Morgan fingerprint density at radius 1 is 1.23 bits per heavy atom. The van der Waals surface area contributed by atoms with Crippen LogP contribution in [0.5, 0.6) is 0 Å². The molecule has 0 aliphatic carbocycles. The fourth-order valence-electron chi connectivity index (χ4n) is 2.74. The molecule has 0 saturated carbocycles. The maximum atomic E-state index is 12.3. The highest BCUT2D eigenvalue weighted by atomic mass is 32.2. The van der Waals surface area contributed by atoms with E-state index in [1.807, 2.05) is 37.3 Å². The topological polar surface area (TPSA) is 54.5 Å². The van der Waals surface area contributed by atoms with Gasteiger partial charge in [0.05, 0.1) is 18.5 Å². The molecule has 26 heavy (non-hydrogen) atoms. The minimum atomic E-state index is -0.0873.